The Labute approximate surface area is 191 Å². The van der Waals surface area contributed by atoms with Crippen LogP contribution in [0.2, 0.25) is 0 Å². The number of hydrogen-bond donors (Lipinski definition) is 3. The maximum atomic E-state index is 13.4. The molecule has 8 heteroatoms. The molecule has 2 unspecified atom stereocenters. The van der Waals surface area contributed by atoms with Gasteiger partial charge in [0.1, 0.15) is 12.6 Å². The highest BCUT2D eigenvalue weighted by molar-refractivity contribution is 7.80. The lowest BCUT2D eigenvalue weighted by atomic mass is 10.0. The van der Waals surface area contributed by atoms with E-state index in [0.717, 1.165) is 22.0 Å². The average Bonchev–Trinajstić information content (AvgIpc) is 3.30. The molecule has 0 bridgehead atoms. The third-order valence-corrected chi connectivity index (χ3v) is 6.33. The predicted octanol–water partition coefficient (Wildman–Crippen LogP) is 3.36. The number of fused-ring (bicyclic) bond motifs is 1. The summed E-state index contributed by atoms with van der Waals surface area (Å²) in [7, 11) is 0. The van der Waals surface area contributed by atoms with Gasteiger partial charge < -0.3 is 15.0 Å². The number of benzene rings is 2. The number of carbonyl (C=O) groups excluding carboxylic acids is 2. The van der Waals surface area contributed by atoms with Crippen LogP contribution in [0.5, 0.6) is 0 Å². The first kappa shape index (κ1) is 22.0. The number of H-pyrrole nitrogens is 1. The maximum absolute atomic E-state index is 13.4. The van der Waals surface area contributed by atoms with Gasteiger partial charge in [0.25, 0.3) is 5.91 Å². The molecule has 3 amide bonds. The molecule has 2 heterocycles. The lowest BCUT2D eigenvalue weighted by molar-refractivity contribution is -0.138. The molecule has 3 aromatic rings. The molecule has 4 rings (SSSR count). The number of aromatic amines is 1. The van der Waals surface area contributed by atoms with E-state index >= 15 is 0 Å². The Hall–Kier alpha value is -3.26. The number of aryl methyl sites for hydroxylation is 1. The first-order chi connectivity index (χ1) is 15.5. The number of carboxylic acid groups (broad SMARTS) is 1. The molecule has 1 aliphatic heterocycles. The van der Waals surface area contributed by atoms with Gasteiger partial charge in [-0.2, -0.15) is 12.6 Å². The van der Waals surface area contributed by atoms with Crippen LogP contribution in [-0.2, 0) is 22.4 Å². The summed E-state index contributed by atoms with van der Waals surface area (Å²) in [5.74, 6) is -1.20. The van der Waals surface area contributed by atoms with Gasteiger partial charge in [-0.25, -0.2) is 4.79 Å². The van der Waals surface area contributed by atoms with E-state index in [-0.39, 0.29) is 5.91 Å². The minimum atomic E-state index is -1.14. The van der Waals surface area contributed by atoms with Crippen molar-refractivity contribution in [2.45, 2.75) is 31.3 Å². The zero-order valence-corrected chi connectivity index (χ0v) is 18.4. The number of amides is 3. The predicted molar refractivity (Wildman–Crippen MR) is 125 cm³/mol. The molecule has 32 heavy (non-hydrogen) atoms. The van der Waals surface area contributed by atoms with E-state index in [1.54, 1.807) is 0 Å². The lowest BCUT2D eigenvalue weighted by Gasteiger charge is -2.24. The Morgan fingerprint density at radius 1 is 1.09 bits per heavy atom. The van der Waals surface area contributed by atoms with Gasteiger partial charge >= 0.3 is 12.0 Å². The number of carboxylic acids is 1. The molecular formula is C24H25N3O4S. The summed E-state index contributed by atoms with van der Waals surface area (Å²) in [6.07, 6.45) is 3.26. The summed E-state index contributed by atoms with van der Waals surface area (Å²) in [5, 5.41) is 10.4. The van der Waals surface area contributed by atoms with Crippen molar-refractivity contribution in [2.75, 3.05) is 12.3 Å². The molecule has 7 nitrogen and oxygen atoms in total. The molecular weight excluding hydrogens is 426 g/mol. The minimum Gasteiger partial charge on any atom is -0.480 e. The first-order valence-corrected chi connectivity index (χ1v) is 11.2. The van der Waals surface area contributed by atoms with Crippen LogP contribution in [0.3, 0.4) is 0 Å². The second-order valence-electron chi connectivity index (χ2n) is 7.95. The molecule has 0 aliphatic carbocycles. The number of carbonyl (C=O) groups is 3. The number of imide groups is 1. The highest BCUT2D eigenvalue weighted by Crippen LogP contribution is 2.27. The van der Waals surface area contributed by atoms with E-state index in [1.165, 1.54) is 9.80 Å². The zero-order valence-electron chi connectivity index (χ0n) is 17.5. The molecule has 1 aliphatic rings. The van der Waals surface area contributed by atoms with E-state index < -0.39 is 30.6 Å². The molecule has 2 aromatic carbocycles. The number of hydrogen-bond acceptors (Lipinski definition) is 4. The number of aromatic nitrogens is 1. The number of urea groups is 1. The van der Waals surface area contributed by atoms with Crippen molar-refractivity contribution in [3.8, 4) is 0 Å². The van der Waals surface area contributed by atoms with Gasteiger partial charge in [0.05, 0.1) is 6.04 Å². The van der Waals surface area contributed by atoms with Crippen molar-refractivity contribution in [2.24, 2.45) is 0 Å². The number of nitrogens with zero attached hydrogens (tertiary/aromatic N) is 2. The summed E-state index contributed by atoms with van der Waals surface area (Å²) in [5.41, 5.74) is 3.02. The number of aliphatic carboxylic acids is 1. The van der Waals surface area contributed by atoms with E-state index in [9.17, 15) is 19.5 Å². The average molecular weight is 452 g/mol. The number of para-hydroxylation sites is 1. The standard InChI is InChI=1S/C24H25N3O4S/c28-22(29)14-26-21(11-10-17-13-25-20-9-5-4-8-19(17)20)23(30)27(24(26)31)18(15-32)12-16-6-2-1-3-7-16/h1-9,13,18,21,25,32H,10-12,14-15H2,(H,28,29). The normalized spacial score (nSPS) is 17.3. The van der Waals surface area contributed by atoms with Gasteiger partial charge in [-0.3, -0.25) is 14.5 Å². The van der Waals surface area contributed by atoms with Crippen molar-refractivity contribution in [3.63, 3.8) is 0 Å². The number of thiol groups is 1. The SMILES string of the molecule is O=C(O)CN1C(=O)N(C(CS)Cc2ccccc2)C(=O)C1CCc1c[nH]c2ccccc12. The van der Waals surface area contributed by atoms with Gasteiger partial charge in [0, 0.05) is 22.9 Å². The van der Waals surface area contributed by atoms with Crippen molar-refractivity contribution >= 4 is 41.4 Å². The van der Waals surface area contributed by atoms with Crippen LogP contribution >= 0.6 is 12.6 Å². The maximum Gasteiger partial charge on any atom is 0.328 e. The summed E-state index contributed by atoms with van der Waals surface area (Å²) in [6, 6.07) is 15.6. The number of rotatable bonds is 9. The molecule has 2 atom stereocenters. The van der Waals surface area contributed by atoms with Crippen molar-refractivity contribution in [1.29, 1.82) is 0 Å². The van der Waals surface area contributed by atoms with E-state index in [1.807, 2.05) is 60.8 Å². The topological polar surface area (TPSA) is 93.7 Å². The summed E-state index contributed by atoms with van der Waals surface area (Å²) in [6.45, 7) is -0.510. The highest BCUT2D eigenvalue weighted by Gasteiger charge is 2.48. The fourth-order valence-corrected chi connectivity index (χ4v) is 4.65. The number of nitrogens with one attached hydrogen (secondary N) is 1. The Kier molecular flexibility index (Phi) is 6.50. The molecule has 0 spiro atoms. The second kappa shape index (κ2) is 9.48. The van der Waals surface area contributed by atoms with Crippen LogP contribution in [0.4, 0.5) is 4.79 Å². The first-order valence-electron chi connectivity index (χ1n) is 10.5. The molecule has 0 saturated carbocycles. The van der Waals surface area contributed by atoms with Gasteiger partial charge in [0.15, 0.2) is 0 Å². The Balaban J connectivity index is 1.56. The van der Waals surface area contributed by atoms with Gasteiger partial charge in [-0.1, -0.05) is 48.5 Å². The van der Waals surface area contributed by atoms with Crippen LogP contribution in [-0.4, -0.2) is 62.2 Å². The monoisotopic (exact) mass is 451 g/mol. The van der Waals surface area contributed by atoms with Crippen LogP contribution in [0.1, 0.15) is 17.5 Å². The fraction of sp³-hybridized carbons (Fsp3) is 0.292. The van der Waals surface area contributed by atoms with Crippen molar-refractivity contribution in [3.05, 3.63) is 71.9 Å². The molecule has 1 aromatic heterocycles. The van der Waals surface area contributed by atoms with E-state index in [4.69, 9.17) is 0 Å². The smallest absolute Gasteiger partial charge is 0.328 e. The Bertz CT molecular complexity index is 1130. The summed E-state index contributed by atoms with van der Waals surface area (Å²) >= 11 is 4.39. The highest BCUT2D eigenvalue weighted by atomic mass is 32.1. The van der Waals surface area contributed by atoms with Crippen LogP contribution in [0.25, 0.3) is 10.9 Å². The molecule has 1 saturated heterocycles. The van der Waals surface area contributed by atoms with Crippen LogP contribution in [0, 0.1) is 0 Å². The quantitative estimate of drug-likeness (QED) is 0.344. The van der Waals surface area contributed by atoms with Crippen LogP contribution < -0.4 is 0 Å². The summed E-state index contributed by atoms with van der Waals surface area (Å²) < 4.78 is 0. The third kappa shape index (κ3) is 4.36. The van der Waals surface area contributed by atoms with Gasteiger partial charge in [0.2, 0.25) is 0 Å². The van der Waals surface area contributed by atoms with Crippen molar-refractivity contribution in [1.82, 2.24) is 14.8 Å². The third-order valence-electron chi connectivity index (χ3n) is 5.91. The van der Waals surface area contributed by atoms with Gasteiger partial charge in [-0.15, -0.1) is 0 Å². The van der Waals surface area contributed by atoms with Crippen molar-refractivity contribution < 1.29 is 19.5 Å². The van der Waals surface area contributed by atoms with E-state index in [2.05, 4.69) is 17.6 Å². The van der Waals surface area contributed by atoms with E-state index in [0.29, 0.717) is 25.0 Å². The summed E-state index contributed by atoms with van der Waals surface area (Å²) in [4.78, 5) is 43.6. The Morgan fingerprint density at radius 2 is 1.81 bits per heavy atom. The Morgan fingerprint density at radius 3 is 2.53 bits per heavy atom. The second-order valence-corrected chi connectivity index (χ2v) is 8.32. The fourth-order valence-electron chi connectivity index (χ4n) is 4.35. The molecule has 2 N–H and O–H groups in total. The largest absolute Gasteiger partial charge is 0.480 e. The molecule has 0 radical (unpaired) electrons. The molecule has 1 fully saturated rings. The lowest BCUT2D eigenvalue weighted by Crippen LogP contribution is -2.44. The zero-order chi connectivity index (χ0) is 22.7. The van der Waals surface area contributed by atoms with Crippen LogP contribution in [0.15, 0.2) is 60.8 Å². The van der Waals surface area contributed by atoms with Gasteiger partial charge in [-0.05, 0) is 36.5 Å². The molecule has 166 valence electrons. The minimum absolute atomic E-state index is 0.294.